The number of aromatic nitrogens is 2. The Labute approximate surface area is 105 Å². The lowest BCUT2D eigenvalue weighted by Gasteiger charge is -2.06. The number of ether oxygens (including phenoxy) is 1. The maximum absolute atomic E-state index is 10.1. The van der Waals surface area contributed by atoms with E-state index >= 15 is 0 Å². The highest BCUT2D eigenvalue weighted by molar-refractivity contribution is 5.49. The predicted octanol–water partition coefficient (Wildman–Crippen LogP) is 2.24. The van der Waals surface area contributed by atoms with E-state index in [-0.39, 0.29) is 0 Å². The second kappa shape index (κ2) is 5.80. The van der Waals surface area contributed by atoms with E-state index in [0.29, 0.717) is 18.8 Å². The largest absolute Gasteiger partial charge is 0.492 e. The van der Waals surface area contributed by atoms with E-state index in [1.807, 2.05) is 23.9 Å². The average molecular weight is 243 g/mol. The Hall–Kier alpha value is -2.39. The van der Waals surface area contributed by atoms with Gasteiger partial charge in [-0.3, -0.25) is 4.68 Å². The fourth-order valence-corrected chi connectivity index (χ4v) is 1.51. The Morgan fingerprint density at radius 3 is 2.72 bits per heavy atom. The number of nitrogens with zero attached hydrogens (tertiary/aromatic N) is 3. The van der Waals surface area contributed by atoms with Gasteiger partial charge in [-0.15, -0.1) is 0 Å². The zero-order valence-corrected chi connectivity index (χ0v) is 10.0. The van der Waals surface area contributed by atoms with Gasteiger partial charge in [0.25, 0.3) is 0 Å². The van der Waals surface area contributed by atoms with Crippen LogP contribution in [0.4, 0.5) is 5.69 Å². The minimum absolute atomic E-state index is 0.539. The van der Waals surface area contributed by atoms with Crippen molar-refractivity contribution < 1.29 is 9.53 Å². The molecule has 0 bridgehead atoms. The fraction of sp³-hybridized carbons (Fsp3) is 0.231. The summed E-state index contributed by atoms with van der Waals surface area (Å²) in [4.78, 5) is 13.6. The Kier molecular flexibility index (Phi) is 3.89. The highest BCUT2D eigenvalue weighted by Gasteiger charge is 1.97. The minimum Gasteiger partial charge on any atom is -0.492 e. The number of benzene rings is 1. The molecule has 0 aliphatic rings. The van der Waals surface area contributed by atoms with Gasteiger partial charge in [0, 0.05) is 6.20 Å². The number of aliphatic imine (C=N–C) groups is 1. The lowest BCUT2D eigenvalue weighted by atomic mass is 10.3. The third kappa shape index (κ3) is 3.30. The Balaban J connectivity index is 1.84. The molecule has 5 heteroatoms. The molecule has 0 amide bonds. The molecular formula is C13H13N3O2. The van der Waals surface area contributed by atoms with Crippen molar-refractivity contribution in [1.29, 1.82) is 0 Å². The molecule has 0 aliphatic carbocycles. The van der Waals surface area contributed by atoms with Crippen LogP contribution in [0.2, 0.25) is 0 Å². The van der Waals surface area contributed by atoms with Crippen LogP contribution in [0.5, 0.6) is 5.75 Å². The highest BCUT2D eigenvalue weighted by Crippen LogP contribution is 2.17. The Morgan fingerprint density at radius 2 is 2.11 bits per heavy atom. The molecule has 0 unspecified atom stereocenters. The third-order valence-corrected chi connectivity index (χ3v) is 2.37. The van der Waals surface area contributed by atoms with Gasteiger partial charge in [-0.1, -0.05) is 0 Å². The molecule has 0 radical (unpaired) electrons. The Bertz CT molecular complexity index is 554. The van der Waals surface area contributed by atoms with Crippen molar-refractivity contribution >= 4 is 11.8 Å². The zero-order valence-electron chi connectivity index (χ0n) is 10.0. The SMILES string of the molecule is Cc1ccn(CCOc2ccc(N=C=O)cc2)n1. The molecule has 1 heterocycles. The molecule has 18 heavy (non-hydrogen) atoms. The summed E-state index contributed by atoms with van der Waals surface area (Å²) in [7, 11) is 0. The van der Waals surface area contributed by atoms with E-state index in [0.717, 1.165) is 11.4 Å². The quantitative estimate of drug-likeness (QED) is 0.597. The lowest BCUT2D eigenvalue weighted by molar-refractivity contribution is 0.291. The van der Waals surface area contributed by atoms with Gasteiger partial charge < -0.3 is 4.74 Å². The number of isocyanates is 1. The summed E-state index contributed by atoms with van der Waals surface area (Å²) in [5.41, 5.74) is 1.56. The molecular weight excluding hydrogens is 230 g/mol. The van der Waals surface area contributed by atoms with Gasteiger partial charge in [-0.25, -0.2) is 4.79 Å². The van der Waals surface area contributed by atoms with Crippen molar-refractivity contribution in [3.05, 3.63) is 42.2 Å². The van der Waals surface area contributed by atoms with Crippen molar-refractivity contribution in [2.75, 3.05) is 6.61 Å². The first-order chi connectivity index (χ1) is 8.78. The van der Waals surface area contributed by atoms with Crippen molar-refractivity contribution in [3.8, 4) is 5.75 Å². The number of hydrogen-bond donors (Lipinski definition) is 0. The van der Waals surface area contributed by atoms with E-state index < -0.39 is 0 Å². The first-order valence-corrected chi connectivity index (χ1v) is 5.59. The average Bonchev–Trinajstić information content (AvgIpc) is 2.78. The topological polar surface area (TPSA) is 56.5 Å². The molecule has 1 aromatic carbocycles. The van der Waals surface area contributed by atoms with Crippen LogP contribution in [-0.4, -0.2) is 22.5 Å². The molecule has 0 spiro atoms. The van der Waals surface area contributed by atoms with Crippen molar-refractivity contribution in [3.63, 3.8) is 0 Å². The predicted molar refractivity (Wildman–Crippen MR) is 66.7 cm³/mol. The second-order valence-corrected chi connectivity index (χ2v) is 3.77. The van der Waals surface area contributed by atoms with Crippen LogP contribution in [-0.2, 0) is 11.3 Å². The van der Waals surface area contributed by atoms with Crippen LogP contribution in [0.15, 0.2) is 41.5 Å². The number of rotatable bonds is 5. The van der Waals surface area contributed by atoms with E-state index in [4.69, 9.17) is 4.74 Å². The van der Waals surface area contributed by atoms with E-state index in [2.05, 4.69) is 10.1 Å². The molecule has 5 nitrogen and oxygen atoms in total. The number of aryl methyl sites for hydroxylation is 1. The first-order valence-electron chi connectivity index (χ1n) is 5.59. The van der Waals surface area contributed by atoms with Gasteiger partial charge >= 0.3 is 0 Å². The van der Waals surface area contributed by atoms with Crippen molar-refractivity contribution in [2.24, 2.45) is 4.99 Å². The van der Waals surface area contributed by atoms with E-state index in [9.17, 15) is 4.79 Å². The van der Waals surface area contributed by atoms with Crippen molar-refractivity contribution in [2.45, 2.75) is 13.5 Å². The monoisotopic (exact) mass is 243 g/mol. The summed E-state index contributed by atoms with van der Waals surface area (Å²) in [5, 5.41) is 4.26. The molecule has 1 aromatic heterocycles. The molecule has 0 saturated carbocycles. The van der Waals surface area contributed by atoms with Crippen LogP contribution in [0.1, 0.15) is 5.69 Å². The fourth-order valence-electron chi connectivity index (χ4n) is 1.51. The van der Waals surface area contributed by atoms with Crippen LogP contribution in [0.3, 0.4) is 0 Å². The summed E-state index contributed by atoms with van der Waals surface area (Å²) in [6.07, 6.45) is 3.41. The molecule has 0 N–H and O–H groups in total. The van der Waals surface area contributed by atoms with Crippen LogP contribution in [0.25, 0.3) is 0 Å². The molecule has 92 valence electrons. The standard InChI is InChI=1S/C13H13N3O2/c1-11-6-7-16(15-11)8-9-18-13-4-2-12(3-5-13)14-10-17/h2-7H,8-9H2,1H3. The summed E-state index contributed by atoms with van der Waals surface area (Å²) in [5.74, 6) is 0.740. The smallest absolute Gasteiger partial charge is 0.240 e. The molecule has 0 atom stereocenters. The van der Waals surface area contributed by atoms with Gasteiger partial charge in [-0.05, 0) is 37.3 Å². The van der Waals surface area contributed by atoms with Crippen LogP contribution < -0.4 is 4.74 Å². The maximum atomic E-state index is 10.1. The zero-order chi connectivity index (χ0) is 12.8. The summed E-state index contributed by atoms with van der Waals surface area (Å²) in [6, 6.07) is 8.90. The van der Waals surface area contributed by atoms with Gasteiger partial charge in [0.15, 0.2) is 0 Å². The highest BCUT2D eigenvalue weighted by atomic mass is 16.5. The summed E-state index contributed by atoms with van der Waals surface area (Å²) < 4.78 is 7.39. The second-order valence-electron chi connectivity index (χ2n) is 3.77. The molecule has 2 rings (SSSR count). The normalized spacial score (nSPS) is 9.83. The van der Waals surface area contributed by atoms with E-state index in [1.165, 1.54) is 6.08 Å². The third-order valence-electron chi connectivity index (χ3n) is 2.37. The van der Waals surface area contributed by atoms with Gasteiger partial charge in [0.05, 0.1) is 17.9 Å². The summed E-state index contributed by atoms with van der Waals surface area (Å²) in [6.45, 7) is 3.18. The van der Waals surface area contributed by atoms with Crippen LogP contribution in [0, 0.1) is 6.92 Å². The number of carbonyl (C=O) groups excluding carboxylic acids is 1. The lowest BCUT2D eigenvalue weighted by Crippen LogP contribution is -2.08. The first kappa shape index (κ1) is 12.1. The van der Waals surface area contributed by atoms with E-state index in [1.54, 1.807) is 24.3 Å². The van der Waals surface area contributed by atoms with Gasteiger partial charge in [-0.2, -0.15) is 10.1 Å². The number of hydrogen-bond acceptors (Lipinski definition) is 4. The molecule has 2 aromatic rings. The van der Waals surface area contributed by atoms with Crippen molar-refractivity contribution in [1.82, 2.24) is 9.78 Å². The van der Waals surface area contributed by atoms with Gasteiger partial charge in [0.2, 0.25) is 6.08 Å². The Morgan fingerprint density at radius 1 is 1.33 bits per heavy atom. The molecule has 0 saturated heterocycles. The molecule has 0 aliphatic heterocycles. The van der Waals surface area contributed by atoms with Gasteiger partial charge in [0.1, 0.15) is 12.4 Å². The minimum atomic E-state index is 0.539. The summed E-state index contributed by atoms with van der Waals surface area (Å²) >= 11 is 0. The van der Waals surface area contributed by atoms with Crippen LogP contribution >= 0.6 is 0 Å². The molecule has 0 fully saturated rings. The maximum Gasteiger partial charge on any atom is 0.240 e.